The molecule has 1 atom stereocenters. The normalized spacial score (nSPS) is 16.4. The van der Waals surface area contributed by atoms with Crippen molar-refractivity contribution in [3.8, 4) is 5.75 Å². The average Bonchev–Trinajstić information content (AvgIpc) is 3.25. The van der Waals surface area contributed by atoms with E-state index in [1.54, 1.807) is 12.1 Å². The summed E-state index contributed by atoms with van der Waals surface area (Å²) in [5.41, 5.74) is 2.08. The van der Waals surface area contributed by atoms with Gasteiger partial charge in [-0.25, -0.2) is 9.07 Å². The Morgan fingerprint density at radius 1 is 0.968 bits per heavy atom. The zero-order valence-corrected chi connectivity index (χ0v) is 18.1. The Morgan fingerprint density at radius 3 is 2.32 bits per heavy atom. The van der Waals surface area contributed by atoms with Crippen molar-refractivity contribution >= 4 is 0 Å². The molecule has 3 aromatic rings. The number of benzene rings is 2. The largest absolute Gasteiger partial charge is 0.494 e. The molecule has 164 valence electrons. The van der Waals surface area contributed by atoms with Crippen LogP contribution < -0.4 is 4.74 Å². The van der Waals surface area contributed by atoms with Crippen molar-refractivity contribution in [2.45, 2.75) is 26.4 Å². The fraction of sp³-hybridized carbons (Fsp3) is 0.435. The molecule has 0 radical (unpaired) electrons. The first-order chi connectivity index (χ1) is 15.2. The predicted octanol–water partition coefficient (Wildman–Crippen LogP) is 2.99. The monoisotopic (exact) mass is 424 g/mol. The lowest BCUT2D eigenvalue weighted by Gasteiger charge is -2.38. The minimum Gasteiger partial charge on any atom is -0.494 e. The first-order valence-corrected chi connectivity index (χ1v) is 10.9. The molecule has 0 aliphatic carbocycles. The predicted molar refractivity (Wildman–Crippen MR) is 116 cm³/mol. The summed E-state index contributed by atoms with van der Waals surface area (Å²) in [6.07, 6.45) is 0. The van der Waals surface area contributed by atoms with Gasteiger partial charge in [0.1, 0.15) is 11.6 Å². The Balaban J connectivity index is 1.64. The highest BCUT2D eigenvalue weighted by Crippen LogP contribution is 2.29. The van der Waals surface area contributed by atoms with E-state index in [1.807, 2.05) is 23.7 Å². The van der Waals surface area contributed by atoms with Gasteiger partial charge in [-0.1, -0.05) is 31.2 Å². The summed E-state index contributed by atoms with van der Waals surface area (Å²) in [6, 6.07) is 14.6. The Labute approximate surface area is 182 Å². The average molecular weight is 425 g/mol. The van der Waals surface area contributed by atoms with Crippen molar-refractivity contribution in [1.82, 2.24) is 30.0 Å². The number of aromatic nitrogens is 4. The summed E-state index contributed by atoms with van der Waals surface area (Å²) < 4.78 is 20.8. The van der Waals surface area contributed by atoms with E-state index in [0.717, 1.165) is 55.4 Å². The van der Waals surface area contributed by atoms with Gasteiger partial charge in [-0.15, -0.1) is 5.10 Å². The second-order valence-electron chi connectivity index (χ2n) is 7.70. The van der Waals surface area contributed by atoms with E-state index in [9.17, 15) is 4.39 Å². The molecular formula is C23H29FN6O. The van der Waals surface area contributed by atoms with E-state index in [-0.39, 0.29) is 11.9 Å². The molecule has 0 amide bonds. The SMILES string of the molecule is CCOc1ccc(C(c2nnnn2Cc2ccc(F)cc2)N2CCN(CC)CC2)cc1. The number of hydrogen-bond acceptors (Lipinski definition) is 6. The number of nitrogens with zero attached hydrogens (tertiary/aromatic N) is 6. The summed E-state index contributed by atoms with van der Waals surface area (Å²) in [4.78, 5) is 4.89. The molecule has 1 unspecified atom stereocenters. The lowest BCUT2D eigenvalue weighted by atomic mass is 10.0. The van der Waals surface area contributed by atoms with Gasteiger partial charge in [-0.05, 0) is 59.3 Å². The van der Waals surface area contributed by atoms with Crippen LogP contribution in [-0.4, -0.2) is 69.3 Å². The number of likely N-dealkylation sites (N-methyl/N-ethyl adjacent to an activating group) is 1. The van der Waals surface area contributed by atoms with Crippen molar-refractivity contribution in [2.24, 2.45) is 0 Å². The van der Waals surface area contributed by atoms with Gasteiger partial charge >= 0.3 is 0 Å². The van der Waals surface area contributed by atoms with Crippen LogP contribution in [0.15, 0.2) is 48.5 Å². The second-order valence-corrected chi connectivity index (χ2v) is 7.70. The number of halogens is 1. The van der Waals surface area contributed by atoms with E-state index in [4.69, 9.17) is 4.74 Å². The zero-order valence-electron chi connectivity index (χ0n) is 18.1. The van der Waals surface area contributed by atoms with Crippen molar-refractivity contribution in [3.05, 3.63) is 71.3 Å². The summed E-state index contributed by atoms with van der Waals surface area (Å²) in [7, 11) is 0. The fourth-order valence-electron chi connectivity index (χ4n) is 4.06. The van der Waals surface area contributed by atoms with Crippen LogP contribution in [0, 0.1) is 5.82 Å². The number of ether oxygens (including phenoxy) is 1. The van der Waals surface area contributed by atoms with Crippen LogP contribution in [0.4, 0.5) is 4.39 Å². The van der Waals surface area contributed by atoms with Gasteiger partial charge in [-0.3, -0.25) is 4.90 Å². The first-order valence-electron chi connectivity index (χ1n) is 10.9. The Bertz CT molecular complexity index is 951. The van der Waals surface area contributed by atoms with Gasteiger partial charge in [-0.2, -0.15) is 0 Å². The first kappa shape index (κ1) is 21.4. The van der Waals surface area contributed by atoms with E-state index in [0.29, 0.717) is 13.2 Å². The molecule has 1 aliphatic rings. The van der Waals surface area contributed by atoms with Gasteiger partial charge in [0, 0.05) is 26.2 Å². The molecule has 4 rings (SSSR count). The Hall–Kier alpha value is -2.84. The van der Waals surface area contributed by atoms with E-state index in [1.165, 1.54) is 12.1 Å². The summed E-state index contributed by atoms with van der Waals surface area (Å²) in [5, 5.41) is 12.7. The fourth-order valence-corrected chi connectivity index (χ4v) is 4.06. The topological polar surface area (TPSA) is 59.3 Å². The summed E-state index contributed by atoms with van der Waals surface area (Å²) in [6.45, 7) is 10.3. The van der Waals surface area contributed by atoms with Crippen molar-refractivity contribution in [3.63, 3.8) is 0 Å². The summed E-state index contributed by atoms with van der Waals surface area (Å²) >= 11 is 0. The van der Waals surface area contributed by atoms with Crippen LogP contribution in [0.25, 0.3) is 0 Å². The van der Waals surface area contributed by atoms with Crippen molar-refractivity contribution in [2.75, 3.05) is 39.3 Å². The van der Waals surface area contributed by atoms with Crippen LogP contribution >= 0.6 is 0 Å². The van der Waals surface area contributed by atoms with Gasteiger partial charge in [0.15, 0.2) is 5.82 Å². The molecule has 2 aromatic carbocycles. The van der Waals surface area contributed by atoms with Gasteiger partial charge in [0.2, 0.25) is 0 Å². The third-order valence-electron chi connectivity index (χ3n) is 5.78. The quantitative estimate of drug-likeness (QED) is 0.554. The highest BCUT2D eigenvalue weighted by molar-refractivity contribution is 5.32. The van der Waals surface area contributed by atoms with Crippen LogP contribution in [0.2, 0.25) is 0 Å². The maximum atomic E-state index is 13.3. The van der Waals surface area contributed by atoms with Crippen LogP contribution in [0.3, 0.4) is 0 Å². The van der Waals surface area contributed by atoms with Crippen LogP contribution in [-0.2, 0) is 6.54 Å². The standard InChI is InChI=1S/C23H29FN6O/c1-3-28-13-15-29(16-14-28)22(19-7-11-21(12-8-19)31-4-2)23-25-26-27-30(23)17-18-5-9-20(24)10-6-18/h5-12,22H,3-4,13-17H2,1-2H3. The molecule has 8 heteroatoms. The molecule has 31 heavy (non-hydrogen) atoms. The molecule has 7 nitrogen and oxygen atoms in total. The smallest absolute Gasteiger partial charge is 0.173 e. The summed E-state index contributed by atoms with van der Waals surface area (Å²) in [5.74, 6) is 1.40. The Morgan fingerprint density at radius 2 is 1.68 bits per heavy atom. The molecule has 1 saturated heterocycles. The maximum absolute atomic E-state index is 13.3. The molecule has 0 N–H and O–H groups in total. The van der Waals surface area contributed by atoms with Gasteiger partial charge in [0.25, 0.3) is 0 Å². The third kappa shape index (κ3) is 5.08. The molecule has 0 bridgehead atoms. The lowest BCUT2D eigenvalue weighted by Crippen LogP contribution is -2.48. The highest BCUT2D eigenvalue weighted by Gasteiger charge is 2.30. The van der Waals surface area contributed by atoms with Crippen LogP contribution in [0.1, 0.15) is 36.8 Å². The Kier molecular flexibility index (Phi) is 6.89. The minimum absolute atomic E-state index is 0.0647. The van der Waals surface area contributed by atoms with E-state index >= 15 is 0 Å². The van der Waals surface area contributed by atoms with Crippen molar-refractivity contribution < 1.29 is 9.13 Å². The molecule has 0 spiro atoms. The van der Waals surface area contributed by atoms with Crippen molar-refractivity contribution in [1.29, 1.82) is 0 Å². The maximum Gasteiger partial charge on any atom is 0.173 e. The van der Waals surface area contributed by atoms with Gasteiger partial charge < -0.3 is 9.64 Å². The number of hydrogen-bond donors (Lipinski definition) is 0. The van der Waals surface area contributed by atoms with Gasteiger partial charge in [0.05, 0.1) is 19.2 Å². The van der Waals surface area contributed by atoms with E-state index < -0.39 is 0 Å². The minimum atomic E-state index is -0.248. The van der Waals surface area contributed by atoms with Crippen LogP contribution in [0.5, 0.6) is 5.75 Å². The van der Waals surface area contributed by atoms with E-state index in [2.05, 4.69) is 44.4 Å². The number of piperazine rings is 1. The molecule has 1 fully saturated rings. The lowest BCUT2D eigenvalue weighted by molar-refractivity contribution is 0.108. The molecule has 1 aromatic heterocycles. The highest BCUT2D eigenvalue weighted by atomic mass is 19.1. The number of rotatable bonds is 8. The molecule has 1 aliphatic heterocycles. The molecule has 2 heterocycles. The molecular weight excluding hydrogens is 395 g/mol. The third-order valence-corrected chi connectivity index (χ3v) is 5.78. The second kappa shape index (κ2) is 9.98. The zero-order chi connectivity index (χ0) is 21.6. The molecule has 0 saturated carbocycles. The number of tetrazole rings is 1.